The second-order valence-corrected chi connectivity index (χ2v) is 6.84. The molecule has 5 nitrogen and oxygen atoms in total. The zero-order valence-corrected chi connectivity index (χ0v) is 15.4. The number of carbonyl (C=O) groups is 1. The molecule has 0 radical (unpaired) electrons. The molecular formula is C22H21FN4O. The molecule has 0 atom stereocenters. The number of hydrogen-bond acceptors (Lipinski definition) is 4. The van der Waals surface area contributed by atoms with Crippen LogP contribution in [0.2, 0.25) is 0 Å². The van der Waals surface area contributed by atoms with Gasteiger partial charge in [-0.05, 0) is 55.7 Å². The highest BCUT2D eigenvalue weighted by atomic mass is 19.1. The summed E-state index contributed by atoms with van der Waals surface area (Å²) in [5.74, 6) is -0.102. The van der Waals surface area contributed by atoms with Crippen molar-refractivity contribution in [2.45, 2.75) is 19.3 Å². The third-order valence-corrected chi connectivity index (χ3v) is 4.89. The molecule has 28 heavy (non-hydrogen) atoms. The average molecular weight is 376 g/mol. The molecule has 0 spiro atoms. The van der Waals surface area contributed by atoms with Crippen molar-refractivity contribution >= 4 is 17.4 Å². The van der Waals surface area contributed by atoms with Crippen molar-refractivity contribution in [2.24, 2.45) is 0 Å². The van der Waals surface area contributed by atoms with E-state index in [-0.39, 0.29) is 5.56 Å². The number of anilines is 2. The molecule has 1 saturated heterocycles. The highest BCUT2D eigenvalue weighted by Crippen LogP contribution is 2.22. The maximum absolute atomic E-state index is 13.7. The fraction of sp³-hybridized carbons (Fsp3) is 0.227. The third-order valence-electron chi connectivity index (χ3n) is 4.89. The van der Waals surface area contributed by atoms with Crippen molar-refractivity contribution < 1.29 is 9.18 Å². The van der Waals surface area contributed by atoms with E-state index in [9.17, 15) is 9.18 Å². The summed E-state index contributed by atoms with van der Waals surface area (Å²) in [5.41, 5.74) is 2.29. The fourth-order valence-corrected chi connectivity index (χ4v) is 3.34. The summed E-state index contributed by atoms with van der Waals surface area (Å²) in [4.78, 5) is 14.5. The second kappa shape index (κ2) is 8.17. The SMILES string of the molecule is O=C(Nc1ccc(-c2ccc(N3CCCCC3)nn2)cc1)c1ccccc1F. The van der Waals surface area contributed by atoms with Gasteiger partial charge in [-0.2, -0.15) is 0 Å². The molecule has 4 rings (SSSR count). The standard InChI is InChI=1S/C22H21FN4O/c23-19-7-3-2-6-18(19)22(28)24-17-10-8-16(9-11-17)20-12-13-21(26-25-20)27-14-4-1-5-15-27/h2-3,6-13H,1,4-5,14-15H2,(H,24,28). The van der Waals surface area contributed by atoms with Gasteiger partial charge in [0.05, 0.1) is 11.3 Å². The molecule has 1 aliphatic rings. The molecule has 1 fully saturated rings. The number of nitrogens with one attached hydrogen (secondary N) is 1. The largest absolute Gasteiger partial charge is 0.355 e. The van der Waals surface area contributed by atoms with Crippen LogP contribution < -0.4 is 10.2 Å². The summed E-state index contributed by atoms with van der Waals surface area (Å²) in [6.45, 7) is 2.06. The van der Waals surface area contributed by atoms with E-state index in [1.807, 2.05) is 24.3 Å². The van der Waals surface area contributed by atoms with Crippen molar-refractivity contribution in [3.8, 4) is 11.3 Å². The van der Waals surface area contributed by atoms with Crippen molar-refractivity contribution in [1.29, 1.82) is 0 Å². The molecule has 3 aromatic rings. The van der Waals surface area contributed by atoms with Gasteiger partial charge in [-0.25, -0.2) is 4.39 Å². The monoisotopic (exact) mass is 376 g/mol. The Balaban J connectivity index is 1.44. The molecule has 1 amide bonds. The maximum atomic E-state index is 13.7. The normalized spacial score (nSPS) is 14.0. The van der Waals surface area contributed by atoms with Crippen molar-refractivity contribution in [1.82, 2.24) is 10.2 Å². The average Bonchev–Trinajstić information content (AvgIpc) is 2.75. The van der Waals surface area contributed by atoms with Gasteiger partial charge in [-0.15, -0.1) is 10.2 Å². The van der Waals surface area contributed by atoms with Gasteiger partial charge in [0.2, 0.25) is 0 Å². The van der Waals surface area contributed by atoms with Crippen LogP contribution in [0.1, 0.15) is 29.6 Å². The first-order valence-corrected chi connectivity index (χ1v) is 9.46. The number of amides is 1. The summed E-state index contributed by atoms with van der Waals surface area (Å²) in [5, 5.41) is 11.4. The van der Waals surface area contributed by atoms with Gasteiger partial charge in [-0.3, -0.25) is 4.79 Å². The minimum Gasteiger partial charge on any atom is -0.355 e. The lowest BCUT2D eigenvalue weighted by Gasteiger charge is -2.27. The number of piperidine rings is 1. The highest BCUT2D eigenvalue weighted by Gasteiger charge is 2.13. The van der Waals surface area contributed by atoms with Gasteiger partial charge >= 0.3 is 0 Å². The van der Waals surface area contributed by atoms with E-state index < -0.39 is 11.7 Å². The van der Waals surface area contributed by atoms with Crippen LogP contribution in [0.3, 0.4) is 0 Å². The second-order valence-electron chi connectivity index (χ2n) is 6.84. The Bertz CT molecular complexity index is 951. The van der Waals surface area contributed by atoms with Crippen molar-refractivity contribution in [2.75, 3.05) is 23.3 Å². The van der Waals surface area contributed by atoms with Crippen LogP contribution in [0.5, 0.6) is 0 Å². The molecule has 0 saturated carbocycles. The van der Waals surface area contributed by atoms with E-state index in [0.717, 1.165) is 30.2 Å². The van der Waals surface area contributed by atoms with E-state index in [1.165, 1.54) is 31.4 Å². The molecule has 1 N–H and O–H groups in total. The van der Waals surface area contributed by atoms with Crippen LogP contribution in [0.15, 0.2) is 60.7 Å². The Kier molecular flexibility index (Phi) is 5.28. The van der Waals surface area contributed by atoms with Crippen LogP contribution in [0.25, 0.3) is 11.3 Å². The molecular weight excluding hydrogens is 355 g/mol. The summed E-state index contributed by atoms with van der Waals surface area (Å²) in [6, 6.07) is 17.1. The number of nitrogens with zero attached hydrogens (tertiary/aromatic N) is 3. The van der Waals surface area contributed by atoms with Gasteiger partial charge in [0.15, 0.2) is 5.82 Å². The zero-order valence-electron chi connectivity index (χ0n) is 15.4. The number of halogens is 1. The summed E-state index contributed by atoms with van der Waals surface area (Å²) in [6.07, 6.45) is 3.68. The van der Waals surface area contributed by atoms with Crippen LogP contribution in [-0.2, 0) is 0 Å². The molecule has 6 heteroatoms. The molecule has 2 heterocycles. The van der Waals surface area contributed by atoms with Crippen molar-refractivity contribution in [3.63, 3.8) is 0 Å². The van der Waals surface area contributed by atoms with Gasteiger partial charge < -0.3 is 10.2 Å². The molecule has 142 valence electrons. The van der Waals surface area contributed by atoms with Crippen LogP contribution in [0, 0.1) is 5.82 Å². The summed E-state index contributed by atoms with van der Waals surface area (Å²) >= 11 is 0. The van der Waals surface area contributed by atoms with Crippen LogP contribution in [0.4, 0.5) is 15.9 Å². The zero-order chi connectivity index (χ0) is 19.3. The van der Waals surface area contributed by atoms with Gasteiger partial charge in [0.25, 0.3) is 5.91 Å². The Morgan fingerprint density at radius 3 is 2.32 bits per heavy atom. The molecule has 1 aromatic heterocycles. The van der Waals surface area contributed by atoms with E-state index in [2.05, 4.69) is 20.4 Å². The number of benzene rings is 2. The summed E-state index contributed by atoms with van der Waals surface area (Å²) < 4.78 is 13.7. The number of aromatic nitrogens is 2. The Labute approximate surface area is 163 Å². The van der Waals surface area contributed by atoms with E-state index >= 15 is 0 Å². The lowest BCUT2D eigenvalue weighted by Crippen LogP contribution is -2.30. The predicted octanol–water partition coefficient (Wildman–Crippen LogP) is 4.53. The number of rotatable bonds is 4. The number of carbonyl (C=O) groups excluding carboxylic acids is 1. The minimum absolute atomic E-state index is 0.0192. The first kappa shape index (κ1) is 18.1. The Morgan fingerprint density at radius 2 is 1.64 bits per heavy atom. The molecule has 0 bridgehead atoms. The van der Waals surface area contributed by atoms with E-state index in [4.69, 9.17) is 0 Å². The van der Waals surface area contributed by atoms with Crippen LogP contribution >= 0.6 is 0 Å². The smallest absolute Gasteiger partial charge is 0.258 e. The molecule has 0 aliphatic carbocycles. The molecule has 1 aliphatic heterocycles. The van der Waals surface area contributed by atoms with Gasteiger partial charge in [-0.1, -0.05) is 24.3 Å². The molecule has 2 aromatic carbocycles. The third kappa shape index (κ3) is 4.01. The quantitative estimate of drug-likeness (QED) is 0.727. The van der Waals surface area contributed by atoms with Crippen LogP contribution in [-0.4, -0.2) is 29.2 Å². The Morgan fingerprint density at radius 1 is 0.893 bits per heavy atom. The van der Waals surface area contributed by atoms with E-state index in [0.29, 0.717) is 5.69 Å². The first-order chi connectivity index (χ1) is 13.7. The summed E-state index contributed by atoms with van der Waals surface area (Å²) in [7, 11) is 0. The van der Waals surface area contributed by atoms with E-state index in [1.54, 1.807) is 24.3 Å². The molecule has 0 unspecified atom stereocenters. The lowest BCUT2D eigenvalue weighted by atomic mass is 10.1. The van der Waals surface area contributed by atoms with Gasteiger partial charge in [0.1, 0.15) is 5.82 Å². The fourth-order valence-electron chi connectivity index (χ4n) is 3.34. The Hall–Kier alpha value is -3.28. The predicted molar refractivity (Wildman–Crippen MR) is 108 cm³/mol. The highest BCUT2D eigenvalue weighted by molar-refractivity contribution is 6.04. The van der Waals surface area contributed by atoms with Gasteiger partial charge in [0, 0.05) is 24.3 Å². The maximum Gasteiger partial charge on any atom is 0.258 e. The minimum atomic E-state index is -0.541. The topological polar surface area (TPSA) is 58.1 Å². The lowest BCUT2D eigenvalue weighted by molar-refractivity contribution is 0.102. The van der Waals surface area contributed by atoms with Crippen molar-refractivity contribution in [3.05, 3.63) is 72.0 Å². The number of hydrogen-bond donors (Lipinski definition) is 1. The first-order valence-electron chi connectivity index (χ1n) is 9.46.